The van der Waals surface area contributed by atoms with E-state index in [0.29, 0.717) is 30.4 Å². The van der Waals surface area contributed by atoms with E-state index in [0.717, 1.165) is 4.90 Å². The number of likely N-dealkylation sites (N-methyl/N-ethyl adjacent to an activating group) is 1. The third kappa shape index (κ3) is 2.80. The number of aliphatic hydroxyl groups excluding tert-OH is 1. The maximum absolute atomic E-state index is 12.4. The van der Waals surface area contributed by atoms with E-state index in [1.807, 2.05) is 0 Å². The number of nitrogens with zero attached hydrogens (tertiary/aromatic N) is 1. The Labute approximate surface area is 122 Å². The zero-order valence-electron chi connectivity index (χ0n) is 11.8. The second kappa shape index (κ2) is 6.49. The van der Waals surface area contributed by atoms with Crippen LogP contribution in [-0.2, 0) is 4.79 Å². The lowest BCUT2D eigenvalue weighted by Gasteiger charge is -2.24. The molecule has 2 N–H and O–H groups in total. The fourth-order valence-corrected chi connectivity index (χ4v) is 2.48. The number of amides is 3. The third-order valence-corrected chi connectivity index (χ3v) is 3.57. The molecule has 1 aliphatic heterocycles. The zero-order valence-corrected chi connectivity index (χ0v) is 11.8. The summed E-state index contributed by atoms with van der Waals surface area (Å²) in [6.45, 7) is 0.0165. The van der Waals surface area contributed by atoms with Crippen molar-refractivity contribution in [1.29, 1.82) is 0 Å². The molecule has 0 aromatic heterocycles. The molecule has 6 nitrogen and oxygen atoms in total. The predicted octanol–water partition coefficient (Wildman–Crippen LogP) is 0.560. The molecule has 1 aromatic rings. The van der Waals surface area contributed by atoms with Crippen LogP contribution in [0.4, 0.5) is 0 Å². The van der Waals surface area contributed by atoms with Crippen LogP contribution in [-0.4, -0.2) is 47.4 Å². The van der Waals surface area contributed by atoms with Gasteiger partial charge >= 0.3 is 0 Å². The first-order chi connectivity index (χ1) is 10.1. The van der Waals surface area contributed by atoms with Crippen LogP contribution < -0.4 is 5.32 Å². The van der Waals surface area contributed by atoms with Crippen molar-refractivity contribution in [3.63, 3.8) is 0 Å². The monoisotopic (exact) mass is 290 g/mol. The van der Waals surface area contributed by atoms with Gasteiger partial charge in [0.25, 0.3) is 11.8 Å². The Bertz CT molecular complexity index is 536. The van der Waals surface area contributed by atoms with Gasteiger partial charge in [0, 0.05) is 13.7 Å². The summed E-state index contributed by atoms with van der Waals surface area (Å²) in [5.41, 5.74) is 0.664. The van der Waals surface area contributed by atoms with Crippen LogP contribution in [0.2, 0.25) is 0 Å². The highest BCUT2D eigenvalue weighted by Crippen LogP contribution is 2.26. The molecule has 21 heavy (non-hydrogen) atoms. The molecular weight excluding hydrogens is 272 g/mol. The van der Waals surface area contributed by atoms with Crippen LogP contribution in [0.3, 0.4) is 0 Å². The fraction of sp³-hybridized carbons (Fsp3) is 0.400. The first-order valence-corrected chi connectivity index (χ1v) is 6.91. The Balaban J connectivity index is 2.27. The van der Waals surface area contributed by atoms with Gasteiger partial charge in [0.1, 0.15) is 6.04 Å². The number of rotatable bonds is 6. The van der Waals surface area contributed by atoms with Gasteiger partial charge < -0.3 is 10.4 Å². The first-order valence-electron chi connectivity index (χ1n) is 6.91. The lowest BCUT2D eigenvalue weighted by molar-refractivity contribution is -0.124. The third-order valence-electron chi connectivity index (χ3n) is 3.57. The summed E-state index contributed by atoms with van der Waals surface area (Å²) in [5.74, 6) is -1.25. The summed E-state index contributed by atoms with van der Waals surface area (Å²) in [6, 6.07) is 5.71. The largest absolute Gasteiger partial charge is 0.396 e. The number of hydrogen-bond acceptors (Lipinski definition) is 4. The van der Waals surface area contributed by atoms with Gasteiger partial charge in [0.2, 0.25) is 5.91 Å². The highest BCUT2D eigenvalue weighted by Gasteiger charge is 2.41. The fourth-order valence-electron chi connectivity index (χ4n) is 2.48. The Hall–Kier alpha value is -2.21. The molecule has 0 spiro atoms. The highest BCUT2D eigenvalue weighted by molar-refractivity contribution is 6.22. The molecule has 0 bridgehead atoms. The van der Waals surface area contributed by atoms with Crippen molar-refractivity contribution >= 4 is 17.7 Å². The van der Waals surface area contributed by atoms with Crippen LogP contribution in [0.1, 0.15) is 40.0 Å². The van der Waals surface area contributed by atoms with Gasteiger partial charge in [-0.3, -0.25) is 19.3 Å². The average molecular weight is 290 g/mol. The van der Waals surface area contributed by atoms with Crippen molar-refractivity contribution in [2.24, 2.45) is 0 Å². The molecule has 1 heterocycles. The number of carbonyl (C=O) groups excluding carboxylic acids is 3. The quantitative estimate of drug-likeness (QED) is 0.592. The van der Waals surface area contributed by atoms with Crippen molar-refractivity contribution in [1.82, 2.24) is 10.2 Å². The standard InChI is InChI=1S/C15H18N2O4/c1-16-13(19)12(8-4-5-9-18)17-14(20)10-6-2-3-7-11(10)15(17)21/h2-3,6-7,12,18H,4-5,8-9H2,1H3,(H,16,19)/t12-/m0/s1. The summed E-state index contributed by atoms with van der Waals surface area (Å²) in [7, 11) is 1.47. The summed E-state index contributed by atoms with van der Waals surface area (Å²) in [5, 5.41) is 11.3. The highest BCUT2D eigenvalue weighted by atomic mass is 16.3. The number of benzene rings is 1. The Morgan fingerprint density at radius 1 is 1.19 bits per heavy atom. The SMILES string of the molecule is CNC(=O)[C@H](CCCCO)N1C(=O)c2ccccc2C1=O. The smallest absolute Gasteiger partial charge is 0.262 e. The summed E-state index contributed by atoms with van der Waals surface area (Å²) in [4.78, 5) is 37.8. The molecule has 1 aliphatic rings. The van der Waals surface area contributed by atoms with Gasteiger partial charge in [-0.15, -0.1) is 0 Å². The van der Waals surface area contributed by atoms with Crippen LogP contribution in [0.15, 0.2) is 24.3 Å². The van der Waals surface area contributed by atoms with E-state index >= 15 is 0 Å². The van der Waals surface area contributed by atoms with Gasteiger partial charge in [0.15, 0.2) is 0 Å². The number of imide groups is 1. The van der Waals surface area contributed by atoms with Crippen LogP contribution in [0.25, 0.3) is 0 Å². The van der Waals surface area contributed by atoms with E-state index in [4.69, 9.17) is 5.11 Å². The minimum Gasteiger partial charge on any atom is -0.396 e. The van der Waals surface area contributed by atoms with E-state index in [2.05, 4.69) is 5.32 Å². The summed E-state index contributed by atoms with van der Waals surface area (Å²) < 4.78 is 0. The van der Waals surface area contributed by atoms with Crippen LogP contribution >= 0.6 is 0 Å². The van der Waals surface area contributed by atoms with Crippen molar-refractivity contribution < 1.29 is 19.5 Å². The second-order valence-corrected chi connectivity index (χ2v) is 4.88. The van der Waals surface area contributed by atoms with Gasteiger partial charge in [-0.2, -0.15) is 0 Å². The molecular formula is C15H18N2O4. The number of nitrogens with one attached hydrogen (secondary N) is 1. The molecule has 112 valence electrons. The molecule has 6 heteroatoms. The Morgan fingerprint density at radius 2 is 1.76 bits per heavy atom. The van der Waals surface area contributed by atoms with E-state index in [1.54, 1.807) is 24.3 Å². The van der Waals surface area contributed by atoms with E-state index < -0.39 is 17.9 Å². The Kier molecular flexibility index (Phi) is 4.70. The number of hydrogen-bond donors (Lipinski definition) is 2. The molecule has 0 saturated carbocycles. The second-order valence-electron chi connectivity index (χ2n) is 4.88. The molecule has 0 radical (unpaired) electrons. The number of fused-ring (bicyclic) bond motifs is 1. The number of carbonyl (C=O) groups is 3. The lowest BCUT2D eigenvalue weighted by atomic mass is 10.1. The van der Waals surface area contributed by atoms with E-state index in [-0.39, 0.29) is 12.5 Å². The van der Waals surface area contributed by atoms with Crippen molar-refractivity contribution in [2.75, 3.05) is 13.7 Å². The normalized spacial score (nSPS) is 15.0. The summed E-state index contributed by atoms with van der Waals surface area (Å²) in [6.07, 6.45) is 1.42. The Morgan fingerprint density at radius 3 is 2.24 bits per heavy atom. The van der Waals surface area contributed by atoms with Gasteiger partial charge in [-0.1, -0.05) is 12.1 Å². The maximum Gasteiger partial charge on any atom is 0.262 e. The number of aliphatic hydroxyl groups is 1. The molecule has 0 saturated heterocycles. The minimum absolute atomic E-state index is 0.0165. The lowest BCUT2D eigenvalue weighted by Crippen LogP contribution is -2.48. The zero-order chi connectivity index (χ0) is 15.4. The molecule has 1 aromatic carbocycles. The predicted molar refractivity (Wildman–Crippen MR) is 75.7 cm³/mol. The minimum atomic E-state index is -0.839. The molecule has 0 fully saturated rings. The summed E-state index contributed by atoms with van der Waals surface area (Å²) >= 11 is 0. The maximum atomic E-state index is 12.4. The van der Waals surface area contributed by atoms with Crippen molar-refractivity contribution in [2.45, 2.75) is 25.3 Å². The van der Waals surface area contributed by atoms with Gasteiger partial charge in [-0.05, 0) is 31.4 Å². The number of unbranched alkanes of at least 4 members (excludes halogenated alkanes) is 1. The topological polar surface area (TPSA) is 86.7 Å². The molecule has 0 unspecified atom stereocenters. The molecule has 0 aliphatic carbocycles. The first kappa shape index (κ1) is 15.2. The van der Waals surface area contributed by atoms with E-state index in [9.17, 15) is 14.4 Å². The molecule has 1 atom stereocenters. The van der Waals surface area contributed by atoms with Crippen LogP contribution in [0.5, 0.6) is 0 Å². The molecule has 2 rings (SSSR count). The van der Waals surface area contributed by atoms with Crippen molar-refractivity contribution in [3.05, 3.63) is 35.4 Å². The van der Waals surface area contributed by atoms with E-state index in [1.165, 1.54) is 7.05 Å². The average Bonchev–Trinajstić information content (AvgIpc) is 2.76. The van der Waals surface area contributed by atoms with Crippen LogP contribution in [0, 0.1) is 0 Å². The van der Waals surface area contributed by atoms with Crippen molar-refractivity contribution in [3.8, 4) is 0 Å². The van der Waals surface area contributed by atoms with Gasteiger partial charge in [-0.25, -0.2) is 0 Å². The van der Waals surface area contributed by atoms with Gasteiger partial charge in [0.05, 0.1) is 11.1 Å². The molecule has 3 amide bonds.